The molecule has 5 nitrogen and oxygen atoms in total. The van der Waals surface area contributed by atoms with Crippen molar-refractivity contribution >= 4 is 5.91 Å². The largest absolute Gasteiger partial charge is 0.334 e. The molecule has 0 radical (unpaired) electrons. The molecule has 1 unspecified atom stereocenters. The maximum atomic E-state index is 12.3. The number of carbonyl (C=O) groups is 1. The monoisotopic (exact) mass is 257 g/mol. The lowest BCUT2D eigenvalue weighted by atomic mass is 10.1. The fraction of sp³-hybridized carbons (Fsp3) is 0.214. The van der Waals surface area contributed by atoms with Gasteiger partial charge in [0.2, 0.25) is 5.56 Å². The fourth-order valence-electron chi connectivity index (χ4n) is 1.80. The van der Waals surface area contributed by atoms with Gasteiger partial charge in [-0.3, -0.25) is 14.6 Å². The molecule has 0 aliphatic heterocycles. The second kappa shape index (κ2) is 5.48. The number of rotatable bonds is 3. The van der Waals surface area contributed by atoms with Crippen molar-refractivity contribution in [2.75, 3.05) is 7.05 Å². The van der Waals surface area contributed by atoms with Crippen molar-refractivity contribution in [2.45, 2.75) is 13.0 Å². The second-order valence-corrected chi connectivity index (χ2v) is 4.30. The zero-order chi connectivity index (χ0) is 13.8. The van der Waals surface area contributed by atoms with Gasteiger partial charge in [0, 0.05) is 25.5 Å². The van der Waals surface area contributed by atoms with E-state index in [1.165, 1.54) is 6.07 Å². The van der Waals surface area contributed by atoms with Crippen LogP contribution >= 0.6 is 0 Å². The molecule has 0 bridgehead atoms. The number of aromatic nitrogens is 2. The Kier molecular flexibility index (Phi) is 3.75. The molecular weight excluding hydrogens is 242 g/mol. The first-order valence-corrected chi connectivity index (χ1v) is 5.96. The average Bonchev–Trinajstić information content (AvgIpc) is 2.46. The maximum absolute atomic E-state index is 12.3. The Labute approximate surface area is 110 Å². The van der Waals surface area contributed by atoms with Crippen molar-refractivity contribution in [1.29, 1.82) is 0 Å². The minimum atomic E-state index is -0.282. The van der Waals surface area contributed by atoms with Crippen molar-refractivity contribution in [3.8, 4) is 0 Å². The molecule has 2 rings (SSSR count). The van der Waals surface area contributed by atoms with E-state index in [1.807, 2.05) is 19.1 Å². The van der Waals surface area contributed by atoms with Gasteiger partial charge in [-0.2, -0.15) is 0 Å². The molecule has 0 aliphatic carbocycles. The zero-order valence-electron chi connectivity index (χ0n) is 10.8. The standard InChI is InChI=1S/C14H15N3O2/c1-10(11-6-8-15-9-7-11)17(2)14(19)12-4-3-5-13(18)16-12/h3-10H,1-2H3,(H,16,18). The van der Waals surface area contributed by atoms with Crippen LogP contribution in [0.25, 0.3) is 0 Å². The molecule has 2 aromatic rings. The van der Waals surface area contributed by atoms with Gasteiger partial charge in [-0.1, -0.05) is 6.07 Å². The Morgan fingerprint density at radius 1 is 1.26 bits per heavy atom. The van der Waals surface area contributed by atoms with Gasteiger partial charge in [0.1, 0.15) is 5.69 Å². The molecule has 0 saturated heterocycles. The van der Waals surface area contributed by atoms with Crippen molar-refractivity contribution in [2.24, 2.45) is 0 Å². The third-order valence-corrected chi connectivity index (χ3v) is 3.09. The molecule has 5 heteroatoms. The van der Waals surface area contributed by atoms with Crippen LogP contribution in [0.1, 0.15) is 29.0 Å². The van der Waals surface area contributed by atoms with Crippen molar-refractivity contribution < 1.29 is 4.79 Å². The van der Waals surface area contributed by atoms with E-state index in [1.54, 1.807) is 36.5 Å². The van der Waals surface area contributed by atoms with E-state index in [2.05, 4.69) is 9.97 Å². The van der Waals surface area contributed by atoms with Crippen LogP contribution in [0, 0.1) is 0 Å². The molecule has 1 amide bonds. The summed E-state index contributed by atoms with van der Waals surface area (Å²) in [5.41, 5.74) is 0.996. The zero-order valence-corrected chi connectivity index (χ0v) is 10.8. The maximum Gasteiger partial charge on any atom is 0.270 e. The Morgan fingerprint density at radius 3 is 2.58 bits per heavy atom. The van der Waals surface area contributed by atoms with Crippen molar-refractivity contribution in [1.82, 2.24) is 14.9 Å². The van der Waals surface area contributed by atoms with Crippen LogP contribution in [0.2, 0.25) is 0 Å². The lowest BCUT2D eigenvalue weighted by Gasteiger charge is -2.25. The van der Waals surface area contributed by atoms with E-state index in [9.17, 15) is 9.59 Å². The molecule has 2 aromatic heterocycles. The smallest absolute Gasteiger partial charge is 0.270 e. The molecular formula is C14H15N3O2. The summed E-state index contributed by atoms with van der Waals surface area (Å²) in [7, 11) is 1.71. The topological polar surface area (TPSA) is 66.1 Å². The number of hydrogen-bond acceptors (Lipinski definition) is 3. The Bertz CT molecular complexity index is 622. The average molecular weight is 257 g/mol. The molecule has 0 spiro atoms. The first kappa shape index (κ1) is 13.0. The summed E-state index contributed by atoms with van der Waals surface area (Å²) in [6.07, 6.45) is 3.38. The summed E-state index contributed by atoms with van der Waals surface area (Å²) in [5, 5.41) is 0. The Balaban J connectivity index is 2.22. The van der Waals surface area contributed by atoms with Crippen LogP contribution < -0.4 is 5.56 Å². The predicted octanol–water partition coefficient (Wildman–Crippen LogP) is 1.60. The number of amides is 1. The highest BCUT2D eigenvalue weighted by atomic mass is 16.2. The summed E-state index contributed by atoms with van der Waals surface area (Å²) in [5.74, 6) is -0.220. The molecule has 2 heterocycles. The number of carbonyl (C=O) groups excluding carboxylic acids is 1. The second-order valence-electron chi connectivity index (χ2n) is 4.30. The van der Waals surface area contributed by atoms with Crippen LogP contribution in [-0.4, -0.2) is 27.8 Å². The van der Waals surface area contributed by atoms with E-state index in [0.29, 0.717) is 0 Å². The van der Waals surface area contributed by atoms with Gasteiger partial charge in [-0.05, 0) is 30.7 Å². The SMILES string of the molecule is CC(c1ccncc1)N(C)C(=O)c1cccc(=O)[nH]1. The van der Waals surface area contributed by atoms with Crippen LogP contribution in [-0.2, 0) is 0 Å². The van der Waals surface area contributed by atoms with Crippen LogP contribution in [0.4, 0.5) is 0 Å². The van der Waals surface area contributed by atoms with E-state index in [4.69, 9.17) is 0 Å². The molecule has 19 heavy (non-hydrogen) atoms. The molecule has 1 N–H and O–H groups in total. The van der Waals surface area contributed by atoms with Crippen LogP contribution in [0.5, 0.6) is 0 Å². The lowest BCUT2D eigenvalue weighted by Crippen LogP contribution is -2.31. The molecule has 1 atom stereocenters. The highest BCUT2D eigenvalue weighted by Gasteiger charge is 2.19. The van der Waals surface area contributed by atoms with Crippen molar-refractivity contribution in [3.05, 3.63) is 64.3 Å². The van der Waals surface area contributed by atoms with E-state index >= 15 is 0 Å². The van der Waals surface area contributed by atoms with Gasteiger partial charge in [0.25, 0.3) is 5.91 Å². The quantitative estimate of drug-likeness (QED) is 0.908. The molecule has 0 saturated carbocycles. The van der Waals surface area contributed by atoms with Crippen LogP contribution in [0.3, 0.4) is 0 Å². The van der Waals surface area contributed by atoms with Gasteiger partial charge >= 0.3 is 0 Å². The van der Waals surface area contributed by atoms with Gasteiger partial charge in [0.05, 0.1) is 6.04 Å². The lowest BCUT2D eigenvalue weighted by molar-refractivity contribution is 0.0736. The fourth-order valence-corrected chi connectivity index (χ4v) is 1.80. The minimum Gasteiger partial charge on any atom is -0.334 e. The highest BCUT2D eigenvalue weighted by Crippen LogP contribution is 2.18. The minimum absolute atomic E-state index is 0.0980. The van der Waals surface area contributed by atoms with Gasteiger partial charge < -0.3 is 9.88 Å². The highest BCUT2D eigenvalue weighted by molar-refractivity contribution is 5.92. The predicted molar refractivity (Wildman–Crippen MR) is 71.8 cm³/mol. The molecule has 98 valence electrons. The Morgan fingerprint density at radius 2 is 1.95 bits per heavy atom. The normalized spacial score (nSPS) is 11.9. The number of pyridine rings is 2. The first-order valence-electron chi connectivity index (χ1n) is 5.96. The summed E-state index contributed by atoms with van der Waals surface area (Å²) in [6.45, 7) is 1.92. The number of nitrogens with zero attached hydrogens (tertiary/aromatic N) is 2. The third kappa shape index (κ3) is 2.88. The van der Waals surface area contributed by atoms with Gasteiger partial charge in [0.15, 0.2) is 0 Å². The molecule has 0 fully saturated rings. The molecule has 0 aromatic carbocycles. The van der Waals surface area contributed by atoms with Crippen LogP contribution in [0.15, 0.2) is 47.5 Å². The first-order chi connectivity index (χ1) is 9.09. The summed E-state index contributed by atoms with van der Waals surface area (Å²) in [4.78, 5) is 31.5. The number of hydrogen-bond donors (Lipinski definition) is 1. The van der Waals surface area contributed by atoms with Gasteiger partial charge in [-0.25, -0.2) is 0 Å². The van der Waals surface area contributed by atoms with E-state index in [0.717, 1.165) is 5.56 Å². The van der Waals surface area contributed by atoms with E-state index < -0.39 is 0 Å². The molecule has 0 aliphatic rings. The number of H-pyrrole nitrogens is 1. The third-order valence-electron chi connectivity index (χ3n) is 3.09. The summed E-state index contributed by atoms with van der Waals surface area (Å²) >= 11 is 0. The van der Waals surface area contributed by atoms with E-state index in [-0.39, 0.29) is 23.2 Å². The number of nitrogens with one attached hydrogen (secondary N) is 1. The summed E-state index contributed by atoms with van der Waals surface area (Å²) < 4.78 is 0. The van der Waals surface area contributed by atoms with Crippen molar-refractivity contribution in [3.63, 3.8) is 0 Å². The summed E-state index contributed by atoms with van der Waals surface area (Å²) in [6, 6.07) is 8.17. The number of aromatic amines is 1. The van der Waals surface area contributed by atoms with Gasteiger partial charge in [-0.15, -0.1) is 0 Å². The Hall–Kier alpha value is -2.43.